The molecule has 2 heterocycles. The number of thioether (sulfide) groups is 1. The molecule has 0 aromatic rings. The molecule has 2 unspecified atom stereocenters. The molecule has 0 aliphatic carbocycles. The van der Waals surface area contributed by atoms with Gasteiger partial charge < -0.3 is 16.0 Å². The van der Waals surface area contributed by atoms with Crippen LogP contribution in [-0.2, 0) is 14.4 Å². The van der Waals surface area contributed by atoms with E-state index < -0.39 is 0 Å². The molecule has 2 aliphatic rings. The largest absolute Gasteiger partial charge is 0.370 e. The van der Waals surface area contributed by atoms with Crippen molar-refractivity contribution in [2.24, 2.45) is 11.7 Å². The zero-order chi connectivity index (χ0) is 17.5. The normalized spacial score (nSPS) is 25.3. The Labute approximate surface area is 147 Å². The molecular formula is C17H27N3O3S. The van der Waals surface area contributed by atoms with Gasteiger partial charge in [0.25, 0.3) is 0 Å². The molecule has 1 fully saturated rings. The molecule has 2 amide bonds. The van der Waals surface area contributed by atoms with Gasteiger partial charge in [-0.15, -0.1) is 11.8 Å². The molecular weight excluding hydrogens is 326 g/mol. The Balaban J connectivity index is 2.04. The first-order valence-electron chi connectivity index (χ1n) is 8.61. The number of allylic oxidation sites excluding steroid dienone is 1. The number of hydrogen-bond donors (Lipinski definition) is 2. The lowest BCUT2D eigenvalue weighted by atomic mass is 10.00. The zero-order valence-corrected chi connectivity index (χ0v) is 15.0. The van der Waals surface area contributed by atoms with Crippen LogP contribution in [0.15, 0.2) is 11.5 Å². The third kappa shape index (κ3) is 5.63. The maximum Gasteiger partial charge on any atom is 0.223 e. The van der Waals surface area contributed by atoms with Crippen LogP contribution >= 0.6 is 11.8 Å². The number of rotatable bonds is 7. The quantitative estimate of drug-likeness (QED) is 0.714. The number of primary amides is 1. The summed E-state index contributed by atoms with van der Waals surface area (Å²) in [5, 5.41) is 4.96. The van der Waals surface area contributed by atoms with E-state index in [1.807, 2.05) is 11.8 Å². The highest BCUT2D eigenvalue weighted by Gasteiger charge is 2.31. The molecule has 134 valence electrons. The van der Waals surface area contributed by atoms with Crippen molar-refractivity contribution in [3.05, 3.63) is 11.5 Å². The Hall–Kier alpha value is -1.34. The molecule has 0 spiro atoms. The Kier molecular flexibility index (Phi) is 7.30. The number of nitrogens with two attached hydrogens (primary N) is 1. The lowest BCUT2D eigenvalue weighted by molar-refractivity contribution is -0.135. The lowest BCUT2D eigenvalue weighted by Crippen LogP contribution is -2.46. The number of nitrogens with zero attached hydrogens (tertiary/aromatic N) is 1. The van der Waals surface area contributed by atoms with Crippen molar-refractivity contribution in [2.45, 2.75) is 50.3 Å². The topological polar surface area (TPSA) is 92.5 Å². The van der Waals surface area contributed by atoms with Crippen molar-refractivity contribution < 1.29 is 14.4 Å². The van der Waals surface area contributed by atoms with Crippen LogP contribution in [0.1, 0.15) is 39.0 Å². The summed E-state index contributed by atoms with van der Waals surface area (Å²) in [7, 11) is 0. The van der Waals surface area contributed by atoms with E-state index in [4.69, 9.17) is 5.73 Å². The average molecular weight is 353 g/mol. The summed E-state index contributed by atoms with van der Waals surface area (Å²) in [4.78, 5) is 37.7. The van der Waals surface area contributed by atoms with Crippen molar-refractivity contribution in [2.75, 3.05) is 19.6 Å². The molecule has 0 aromatic carbocycles. The first kappa shape index (κ1) is 19.0. The molecule has 1 saturated heterocycles. The second kappa shape index (κ2) is 9.22. The zero-order valence-electron chi connectivity index (χ0n) is 14.2. The van der Waals surface area contributed by atoms with E-state index >= 15 is 0 Å². The van der Waals surface area contributed by atoms with Gasteiger partial charge >= 0.3 is 0 Å². The van der Waals surface area contributed by atoms with Gasteiger partial charge in [-0.25, -0.2) is 0 Å². The molecule has 2 rings (SSSR count). The Morgan fingerprint density at radius 2 is 2.17 bits per heavy atom. The van der Waals surface area contributed by atoms with E-state index in [0.29, 0.717) is 13.0 Å². The van der Waals surface area contributed by atoms with Gasteiger partial charge in [0.05, 0.1) is 5.25 Å². The van der Waals surface area contributed by atoms with E-state index in [1.54, 1.807) is 11.5 Å². The fraction of sp³-hybridized carbons (Fsp3) is 0.706. The molecule has 0 radical (unpaired) electrons. The maximum absolute atomic E-state index is 12.9. The number of ketones is 1. The summed E-state index contributed by atoms with van der Waals surface area (Å²) in [5.41, 5.74) is 5.23. The molecule has 3 N–H and O–H groups in total. The van der Waals surface area contributed by atoms with Crippen LogP contribution in [0.2, 0.25) is 0 Å². The van der Waals surface area contributed by atoms with Crippen LogP contribution in [-0.4, -0.2) is 53.4 Å². The van der Waals surface area contributed by atoms with Crippen LogP contribution in [0.5, 0.6) is 0 Å². The smallest absolute Gasteiger partial charge is 0.223 e. The van der Waals surface area contributed by atoms with Gasteiger partial charge in [0.1, 0.15) is 0 Å². The van der Waals surface area contributed by atoms with Crippen molar-refractivity contribution in [1.29, 1.82) is 0 Å². The number of hydrogen-bond acceptors (Lipinski definition) is 5. The molecule has 3 atom stereocenters. The van der Waals surface area contributed by atoms with Gasteiger partial charge in [-0.3, -0.25) is 14.4 Å². The van der Waals surface area contributed by atoms with Gasteiger partial charge in [-0.2, -0.15) is 0 Å². The number of amides is 2. The van der Waals surface area contributed by atoms with Crippen LogP contribution in [0.25, 0.3) is 0 Å². The Morgan fingerprint density at radius 1 is 1.38 bits per heavy atom. The predicted octanol–water partition coefficient (Wildman–Crippen LogP) is 1.06. The fourth-order valence-electron chi connectivity index (χ4n) is 3.29. The molecule has 24 heavy (non-hydrogen) atoms. The third-order valence-corrected chi connectivity index (χ3v) is 5.54. The van der Waals surface area contributed by atoms with E-state index in [2.05, 4.69) is 5.32 Å². The average Bonchev–Trinajstić information content (AvgIpc) is 2.74. The minimum absolute atomic E-state index is 0.0240. The first-order valence-corrected chi connectivity index (χ1v) is 9.56. The second-order valence-corrected chi connectivity index (χ2v) is 7.80. The standard InChI is InChI=1S/C17H27N3O3S/c1-12(9-16(18)22)10-17(23)20(11-15-14(21)5-8-24-15)13-3-2-6-19-7-4-13/h5,8,12-13,15,19H,2-4,6-7,9-11H2,1H3,(H2,18,22)/t12-,13?,15?/m0/s1. The van der Waals surface area contributed by atoms with Crippen LogP contribution in [0.4, 0.5) is 0 Å². The molecule has 0 aromatic heterocycles. The SMILES string of the molecule is C[C@@H](CC(N)=O)CC(=O)N(CC1SC=CC1=O)C1CCCNCC1. The minimum atomic E-state index is -0.383. The van der Waals surface area contributed by atoms with Crippen molar-refractivity contribution in [3.63, 3.8) is 0 Å². The third-order valence-electron chi connectivity index (χ3n) is 4.53. The highest BCUT2D eigenvalue weighted by atomic mass is 32.2. The van der Waals surface area contributed by atoms with Crippen molar-refractivity contribution in [1.82, 2.24) is 10.2 Å². The van der Waals surface area contributed by atoms with E-state index in [9.17, 15) is 14.4 Å². The summed E-state index contributed by atoms with van der Waals surface area (Å²) >= 11 is 1.48. The summed E-state index contributed by atoms with van der Waals surface area (Å²) in [5.74, 6) is -0.358. The number of carbonyl (C=O) groups excluding carboxylic acids is 3. The number of carbonyl (C=O) groups is 3. The fourth-order valence-corrected chi connectivity index (χ4v) is 4.15. The molecule has 7 heteroatoms. The van der Waals surface area contributed by atoms with E-state index in [1.165, 1.54) is 11.8 Å². The Morgan fingerprint density at radius 3 is 2.83 bits per heavy atom. The summed E-state index contributed by atoms with van der Waals surface area (Å²) < 4.78 is 0. The molecule has 0 bridgehead atoms. The van der Waals surface area contributed by atoms with Crippen molar-refractivity contribution >= 4 is 29.4 Å². The molecule has 2 aliphatic heterocycles. The molecule has 6 nitrogen and oxygen atoms in total. The monoisotopic (exact) mass is 353 g/mol. The minimum Gasteiger partial charge on any atom is -0.370 e. The van der Waals surface area contributed by atoms with E-state index in [-0.39, 0.29) is 41.2 Å². The second-order valence-electron chi connectivity index (χ2n) is 6.69. The lowest BCUT2D eigenvalue weighted by Gasteiger charge is -2.33. The summed E-state index contributed by atoms with van der Waals surface area (Å²) in [6.07, 6.45) is 4.96. The van der Waals surface area contributed by atoms with Gasteiger partial charge in [-0.1, -0.05) is 6.92 Å². The van der Waals surface area contributed by atoms with Crippen molar-refractivity contribution in [3.8, 4) is 0 Å². The highest BCUT2D eigenvalue weighted by molar-refractivity contribution is 8.04. The van der Waals surface area contributed by atoms with Crippen LogP contribution < -0.4 is 11.1 Å². The Bertz CT molecular complexity index is 501. The van der Waals surface area contributed by atoms with Gasteiger partial charge in [0.15, 0.2) is 5.78 Å². The first-order chi connectivity index (χ1) is 11.5. The maximum atomic E-state index is 12.9. The summed E-state index contributed by atoms with van der Waals surface area (Å²) in [6, 6.07) is 0.155. The van der Waals surface area contributed by atoms with E-state index in [0.717, 1.165) is 32.4 Å². The van der Waals surface area contributed by atoms with Gasteiger partial charge in [0.2, 0.25) is 11.8 Å². The number of nitrogens with one attached hydrogen (secondary N) is 1. The summed E-state index contributed by atoms with van der Waals surface area (Å²) in [6.45, 7) is 4.17. The van der Waals surface area contributed by atoms with Crippen LogP contribution in [0, 0.1) is 5.92 Å². The molecule has 0 saturated carbocycles. The van der Waals surface area contributed by atoms with Gasteiger partial charge in [-0.05, 0) is 49.8 Å². The predicted molar refractivity (Wildman–Crippen MR) is 95.3 cm³/mol. The van der Waals surface area contributed by atoms with Gasteiger partial charge in [0, 0.05) is 25.4 Å². The highest BCUT2D eigenvalue weighted by Crippen LogP contribution is 2.25. The van der Waals surface area contributed by atoms with Crippen LogP contribution in [0.3, 0.4) is 0 Å².